The van der Waals surface area contributed by atoms with E-state index in [4.69, 9.17) is 4.52 Å². The molecule has 1 heterocycles. The summed E-state index contributed by atoms with van der Waals surface area (Å²) in [5.41, 5.74) is 0. The molecule has 1 saturated carbocycles. The second-order valence-corrected chi connectivity index (χ2v) is 3.67. The maximum Gasteiger partial charge on any atom is 0.227 e. The highest BCUT2D eigenvalue weighted by Crippen LogP contribution is 2.32. The van der Waals surface area contributed by atoms with Crippen molar-refractivity contribution < 1.29 is 4.52 Å². The molecule has 1 aliphatic carbocycles. The molecule has 0 aromatic carbocycles. The van der Waals surface area contributed by atoms with Crippen LogP contribution in [-0.2, 0) is 6.42 Å². The van der Waals surface area contributed by atoms with E-state index in [0.717, 1.165) is 24.8 Å². The van der Waals surface area contributed by atoms with Crippen molar-refractivity contribution in [1.82, 2.24) is 15.5 Å². The molecule has 1 unspecified atom stereocenters. The highest BCUT2D eigenvalue weighted by molar-refractivity contribution is 4.84. The molecule has 1 aromatic rings. The molecule has 0 radical (unpaired) electrons. The normalized spacial score (nSPS) is 18.8. The summed E-state index contributed by atoms with van der Waals surface area (Å²) in [6.45, 7) is 3.17. The molecule has 2 rings (SSSR count). The summed E-state index contributed by atoms with van der Waals surface area (Å²) in [5.74, 6) is 1.62. The van der Waals surface area contributed by atoms with Crippen LogP contribution in [0.2, 0.25) is 0 Å². The van der Waals surface area contributed by atoms with Crippen molar-refractivity contribution in [2.75, 3.05) is 6.54 Å². The van der Waals surface area contributed by atoms with E-state index in [1.165, 1.54) is 19.2 Å². The number of hydrogen-bond acceptors (Lipinski definition) is 4. The zero-order valence-corrected chi connectivity index (χ0v) is 7.86. The van der Waals surface area contributed by atoms with E-state index in [2.05, 4.69) is 22.4 Å². The lowest BCUT2D eigenvalue weighted by Crippen LogP contribution is -2.29. The van der Waals surface area contributed by atoms with Gasteiger partial charge in [0.1, 0.15) is 0 Å². The third-order valence-corrected chi connectivity index (χ3v) is 2.54. The Morgan fingerprint density at radius 1 is 1.69 bits per heavy atom. The van der Waals surface area contributed by atoms with Crippen molar-refractivity contribution in [2.24, 2.45) is 5.92 Å². The SMILES string of the molecule is CC(NCCc1ncno1)C1CC1. The minimum absolute atomic E-state index is 0.642. The van der Waals surface area contributed by atoms with Crippen LogP contribution < -0.4 is 5.32 Å². The van der Waals surface area contributed by atoms with Gasteiger partial charge in [0.25, 0.3) is 0 Å². The van der Waals surface area contributed by atoms with Gasteiger partial charge in [0.05, 0.1) is 0 Å². The third-order valence-electron chi connectivity index (χ3n) is 2.54. The lowest BCUT2D eigenvalue weighted by molar-refractivity contribution is 0.370. The predicted octanol–water partition coefficient (Wildman–Crippen LogP) is 1.00. The van der Waals surface area contributed by atoms with E-state index in [1.54, 1.807) is 0 Å². The molecule has 13 heavy (non-hydrogen) atoms. The van der Waals surface area contributed by atoms with Crippen molar-refractivity contribution >= 4 is 0 Å². The molecule has 1 atom stereocenters. The summed E-state index contributed by atoms with van der Waals surface area (Å²) in [6.07, 6.45) is 5.04. The smallest absolute Gasteiger partial charge is 0.227 e. The van der Waals surface area contributed by atoms with Crippen LogP contribution in [0.15, 0.2) is 10.9 Å². The Bertz CT molecular complexity index is 243. The Balaban J connectivity index is 1.63. The van der Waals surface area contributed by atoms with Crippen LogP contribution in [0.1, 0.15) is 25.7 Å². The largest absolute Gasteiger partial charge is 0.340 e. The van der Waals surface area contributed by atoms with Gasteiger partial charge in [-0.1, -0.05) is 5.16 Å². The highest BCUT2D eigenvalue weighted by Gasteiger charge is 2.27. The molecule has 72 valence electrons. The molecular weight excluding hydrogens is 166 g/mol. The van der Waals surface area contributed by atoms with Crippen LogP contribution >= 0.6 is 0 Å². The number of rotatable bonds is 5. The Morgan fingerprint density at radius 2 is 2.54 bits per heavy atom. The van der Waals surface area contributed by atoms with E-state index in [9.17, 15) is 0 Å². The fourth-order valence-electron chi connectivity index (χ4n) is 1.48. The van der Waals surface area contributed by atoms with Gasteiger partial charge in [-0.3, -0.25) is 0 Å². The summed E-state index contributed by atoms with van der Waals surface area (Å²) in [6, 6.07) is 0.642. The highest BCUT2D eigenvalue weighted by atomic mass is 16.5. The first-order chi connectivity index (χ1) is 6.36. The quantitative estimate of drug-likeness (QED) is 0.736. The zero-order valence-electron chi connectivity index (χ0n) is 7.86. The lowest BCUT2D eigenvalue weighted by Gasteiger charge is -2.10. The minimum Gasteiger partial charge on any atom is -0.340 e. The maximum atomic E-state index is 4.89. The molecule has 4 heteroatoms. The van der Waals surface area contributed by atoms with Gasteiger partial charge in [0.15, 0.2) is 6.33 Å². The van der Waals surface area contributed by atoms with Gasteiger partial charge in [-0.25, -0.2) is 0 Å². The molecule has 1 N–H and O–H groups in total. The van der Waals surface area contributed by atoms with E-state index < -0.39 is 0 Å². The van der Waals surface area contributed by atoms with Crippen molar-refractivity contribution in [3.8, 4) is 0 Å². The Morgan fingerprint density at radius 3 is 3.15 bits per heavy atom. The number of hydrogen-bond donors (Lipinski definition) is 1. The first-order valence-electron chi connectivity index (χ1n) is 4.85. The van der Waals surface area contributed by atoms with Crippen molar-refractivity contribution in [1.29, 1.82) is 0 Å². The molecule has 0 amide bonds. The van der Waals surface area contributed by atoms with Crippen LogP contribution in [0.25, 0.3) is 0 Å². The molecule has 4 nitrogen and oxygen atoms in total. The van der Waals surface area contributed by atoms with Gasteiger partial charge in [-0.15, -0.1) is 0 Å². The first-order valence-corrected chi connectivity index (χ1v) is 4.85. The van der Waals surface area contributed by atoms with Crippen LogP contribution in [0.5, 0.6) is 0 Å². The number of nitrogens with zero attached hydrogens (tertiary/aromatic N) is 2. The fourth-order valence-corrected chi connectivity index (χ4v) is 1.48. The van der Waals surface area contributed by atoms with Crippen molar-refractivity contribution in [3.63, 3.8) is 0 Å². The molecule has 0 saturated heterocycles. The van der Waals surface area contributed by atoms with Gasteiger partial charge in [-0.2, -0.15) is 4.98 Å². The molecule has 1 aliphatic rings. The Kier molecular flexibility index (Phi) is 2.59. The zero-order chi connectivity index (χ0) is 9.10. The van der Waals surface area contributed by atoms with Crippen LogP contribution in [0, 0.1) is 5.92 Å². The van der Waals surface area contributed by atoms with Crippen LogP contribution in [0.4, 0.5) is 0 Å². The lowest BCUT2D eigenvalue weighted by atomic mass is 10.2. The second-order valence-electron chi connectivity index (χ2n) is 3.67. The molecular formula is C9H15N3O. The average molecular weight is 181 g/mol. The van der Waals surface area contributed by atoms with Crippen molar-refractivity contribution in [2.45, 2.75) is 32.2 Å². The number of nitrogens with one attached hydrogen (secondary N) is 1. The van der Waals surface area contributed by atoms with Gasteiger partial charge < -0.3 is 9.84 Å². The summed E-state index contributed by atoms with van der Waals surface area (Å²) >= 11 is 0. The average Bonchev–Trinajstić information content (AvgIpc) is 2.86. The van der Waals surface area contributed by atoms with Crippen LogP contribution in [0.3, 0.4) is 0 Å². The molecule has 0 aliphatic heterocycles. The first kappa shape index (κ1) is 8.69. The van der Waals surface area contributed by atoms with E-state index in [1.807, 2.05) is 0 Å². The maximum absolute atomic E-state index is 4.89. The minimum atomic E-state index is 0.642. The van der Waals surface area contributed by atoms with Gasteiger partial charge in [-0.05, 0) is 25.7 Å². The second kappa shape index (κ2) is 3.87. The Hall–Kier alpha value is -0.900. The van der Waals surface area contributed by atoms with Gasteiger partial charge >= 0.3 is 0 Å². The van der Waals surface area contributed by atoms with E-state index in [0.29, 0.717) is 6.04 Å². The third kappa shape index (κ3) is 2.52. The van der Waals surface area contributed by atoms with E-state index >= 15 is 0 Å². The summed E-state index contributed by atoms with van der Waals surface area (Å²) in [7, 11) is 0. The monoisotopic (exact) mass is 181 g/mol. The van der Waals surface area contributed by atoms with Gasteiger partial charge in [0, 0.05) is 19.0 Å². The Labute approximate surface area is 77.7 Å². The number of aromatic nitrogens is 2. The van der Waals surface area contributed by atoms with Gasteiger partial charge in [0.2, 0.25) is 5.89 Å². The fraction of sp³-hybridized carbons (Fsp3) is 0.778. The molecule has 0 bridgehead atoms. The topological polar surface area (TPSA) is 51.0 Å². The van der Waals surface area contributed by atoms with Crippen molar-refractivity contribution in [3.05, 3.63) is 12.2 Å². The van der Waals surface area contributed by atoms with Crippen LogP contribution in [-0.4, -0.2) is 22.7 Å². The summed E-state index contributed by atoms with van der Waals surface area (Å²) in [4.78, 5) is 3.96. The predicted molar refractivity (Wildman–Crippen MR) is 48.2 cm³/mol. The molecule has 1 aromatic heterocycles. The summed E-state index contributed by atoms with van der Waals surface area (Å²) in [5, 5.41) is 7.01. The molecule has 0 spiro atoms. The molecule has 1 fully saturated rings. The summed E-state index contributed by atoms with van der Waals surface area (Å²) < 4.78 is 4.89. The standard InChI is InChI=1S/C9H15N3O/c1-7(8-2-3-8)10-5-4-9-11-6-12-13-9/h6-8,10H,2-5H2,1H3. The van der Waals surface area contributed by atoms with E-state index in [-0.39, 0.29) is 0 Å².